The second-order valence-corrected chi connectivity index (χ2v) is 8.92. The fourth-order valence-corrected chi connectivity index (χ4v) is 2.33. The Kier molecular flexibility index (Phi) is 21.8. The molecular weight excluding hydrogens is 380 g/mol. The van der Waals surface area contributed by atoms with Gasteiger partial charge < -0.3 is 10.6 Å². The molecule has 0 aromatic carbocycles. The van der Waals surface area contributed by atoms with Gasteiger partial charge in [-0.1, -0.05) is 47.5 Å². The average Bonchev–Trinajstić information content (AvgIpc) is 2.43. The normalized spacial score (nSPS) is 12.0. The molecule has 146 valence electrons. The van der Waals surface area contributed by atoms with Crippen LogP contribution in [-0.4, -0.2) is 36.8 Å². The largest absolute Gasteiger partial charge is 0.662 e. The van der Waals surface area contributed by atoms with Gasteiger partial charge in [0.15, 0.2) is 0 Å². The van der Waals surface area contributed by atoms with Gasteiger partial charge in [0, 0.05) is 0 Å². The molecule has 24 heavy (non-hydrogen) atoms. The van der Waals surface area contributed by atoms with Gasteiger partial charge in [-0.3, -0.25) is 0 Å². The van der Waals surface area contributed by atoms with Crippen LogP contribution in [-0.2, 0) is 18.2 Å². The first kappa shape index (κ1) is 29.0. The molecule has 1 unspecified atom stereocenters. The molecule has 0 bridgehead atoms. The van der Waals surface area contributed by atoms with Crippen LogP contribution in [0.2, 0.25) is 0 Å². The van der Waals surface area contributed by atoms with Crippen molar-refractivity contribution < 1.29 is 18.2 Å². The summed E-state index contributed by atoms with van der Waals surface area (Å²) in [5, 5.41) is 8.33. The molecule has 0 aliphatic carbocycles. The second kappa shape index (κ2) is 18.0. The average molecular weight is 425 g/mol. The molecule has 0 saturated heterocycles. The van der Waals surface area contributed by atoms with Crippen LogP contribution in [0.1, 0.15) is 89.0 Å². The number of hydrogen-bond donors (Lipinski definition) is 0. The van der Waals surface area contributed by atoms with E-state index in [1.807, 2.05) is 0 Å². The predicted octanol–water partition coefficient (Wildman–Crippen LogP) is 7.00. The first-order valence-electron chi connectivity index (χ1n) is 9.33. The third-order valence-electron chi connectivity index (χ3n) is 2.32. The third kappa shape index (κ3) is 38.0. The Hall–Kier alpha value is 0.208. The molecule has 0 aliphatic rings. The van der Waals surface area contributed by atoms with E-state index in [0.717, 1.165) is 19.6 Å². The van der Waals surface area contributed by atoms with Crippen molar-refractivity contribution in [1.82, 2.24) is 0 Å². The number of rotatable bonds is 6. The van der Waals surface area contributed by atoms with Gasteiger partial charge in [-0.2, -0.15) is 13.1 Å². The maximum absolute atomic E-state index is 4.51. The number of nitrogens with zero attached hydrogens (tertiary/aromatic N) is 4. The van der Waals surface area contributed by atoms with Crippen molar-refractivity contribution in [3.05, 3.63) is 10.6 Å². The molecule has 0 aromatic heterocycles. The summed E-state index contributed by atoms with van der Waals surface area (Å²) < 4.78 is 9.01. The van der Waals surface area contributed by atoms with Crippen LogP contribution in [0.25, 0.3) is 10.6 Å². The fourth-order valence-electron chi connectivity index (χ4n) is 1.02. The van der Waals surface area contributed by atoms with E-state index in [1.54, 1.807) is 0 Å². The summed E-state index contributed by atoms with van der Waals surface area (Å²) in [4.78, 5) is 0. The van der Waals surface area contributed by atoms with Gasteiger partial charge in [-0.25, -0.2) is 0 Å². The molecule has 0 saturated carbocycles. The van der Waals surface area contributed by atoms with Gasteiger partial charge in [0.25, 0.3) is 0 Å². The van der Waals surface area contributed by atoms with Gasteiger partial charge in [-0.15, -0.1) is 12.6 Å². The van der Waals surface area contributed by atoms with E-state index in [4.69, 9.17) is 0 Å². The monoisotopic (exact) mass is 426 g/mol. The Morgan fingerprint density at radius 2 is 1.29 bits per heavy atom. The van der Waals surface area contributed by atoms with Crippen molar-refractivity contribution >= 4 is 0 Å². The fraction of sp³-hybridized carbons (Fsp3) is 1.00. The Labute approximate surface area is 161 Å². The molecule has 0 aromatic rings. The smallest absolute Gasteiger partial charge is 0.0668 e. The maximum Gasteiger partial charge on any atom is -0.0668 e. The van der Waals surface area contributed by atoms with Crippen molar-refractivity contribution in [2.75, 3.05) is 19.6 Å². The van der Waals surface area contributed by atoms with Crippen molar-refractivity contribution in [3.8, 4) is 0 Å². The van der Waals surface area contributed by atoms with Crippen molar-refractivity contribution in [2.24, 2.45) is 6.99 Å². The molecule has 0 spiro atoms. The summed E-state index contributed by atoms with van der Waals surface area (Å²) in [7, 11) is 0. The van der Waals surface area contributed by atoms with Crippen LogP contribution in [0.15, 0.2) is 6.99 Å². The summed E-state index contributed by atoms with van der Waals surface area (Å²) in [5.74, 6) is 0. The Balaban J connectivity index is -0.000000294. The first-order chi connectivity index (χ1) is 10.9. The van der Waals surface area contributed by atoms with Crippen LogP contribution in [0.4, 0.5) is 0 Å². The summed E-state index contributed by atoms with van der Waals surface area (Å²) in [5.41, 5.74) is 0.216. The van der Waals surface area contributed by atoms with Gasteiger partial charge >= 0.3 is 77.8 Å². The minimum atomic E-state index is -0.473. The minimum absolute atomic E-state index is 0.108. The second-order valence-electron chi connectivity index (χ2n) is 7.63. The third-order valence-corrected chi connectivity index (χ3v) is 5.41. The molecule has 0 radical (unpaired) electrons. The van der Waals surface area contributed by atoms with E-state index < -0.39 is 18.2 Å². The van der Waals surface area contributed by atoms with Crippen molar-refractivity contribution in [3.63, 3.8) is 0 Å². The van der Waals surface area contributed by atoms with Crippen molar-refractivity contribution in [2.45, 2.75) is 106 Å². The van der Waals surface area contributed by atoms with Crippen LogP contribution in [0, 0.1) is 0 Å². The quantitative estimate of drug-likeness (QED) is 0.326. The minimum Gasteiger partial charge on any atom is -0.662 e. The van der Waals surface area contributed by atoms with Crippen molar-refractivity contribution in [1.29, 1.82) is 0 Å². The topological polar surface area (TPSA) is 52.9 Å². The van der Waals surface area contributed by atoms with E-state index in [0.29, 0.717) is 6.04 Å². The van der Waals surface area contributed by atoms with E-state index in [1.165, 1.54) is 12.8 Å². The maximum atomic E-state index is 4.51. The zero-order chi connectivity index (χ0) is 19.6. The van der Waals surface area contributed by atoms with E-state index in [2.05, 4.69) is 93.8 Å². The van der Waals surface area contributed by atoms with Gasteiger partial charge in [0.05, 0.1) is 0 Å². The summed E-state index contributed by atoms with van der Waals surface area (Å²) in [6.45, 7) is 26.3. The van der Waals surface area contributed by atoms with Crippen LogP contribution in [0.5, 0.6) is 0 Å². The van der Waals surface area contributed by atoms with Gasteiger partial charge in [0.1, 0.15) is 0 Å². The van der Waals surface area contributed by atoms with Gasteiger partial charge in [-0.05, 0) is 0 Å². The van der Waals surface area contributed by atoms with E-state index in [-0.39, 0.29) is 11.1 Å². The first-order valence-corrected chi connectivity index (χ1v) is 11.1. The molecule has 0 aliphatic heterocycles. The standard InChI is InChI=1S/C6H14N.C5H12N.2C4H9N.Mo/c1-4-6(3)7-5-2;1-3-5-6-4-2;2*1-4(2,3)5;/h6H,4-5H2,1-3H3;3-5H2,1-2H3;2*1-3H3;/q2*-1;;;+2. The van der Waals surface area contributed by atoms with Crippen LogP contribution < -0.4 is 0 Å². The van der Waals surface area contributed by atoms with E-state index >= 15 is 0 Å². The molecule has 0 amide bonds. The van der Waals surface area contributed by atoms with E-state index in [9.17, 15) is 0 Å². The zero-order valence-electron chi connectivity index (χ0n) is 18.3. The molecule has 0 N–H and O–H groups in total. The molecule has 1 atom stereocenters. The summed E-state index contributed by atoms with van der Waals surface area (Å²) in [6.07, 6.45) is 2.36. The zero-order valence-corrected chi connectivity index (χ0v) is 20.3. The van der Waals surface area contributed by atoms with Gasteiger partial charge in [0.2, 0.25) is 0 Å². The molecule has 0 heterocycles. The Bertz CT molecular complexity index is 288. The molecule has 0 rings (SSSR count). The predicted molar refractivity (Wildman–Crippen MR) is 107 cm³/mol. The van der Waals surface area contributed by atoms with Crippen LogP contribution in [0.3, 0.4) is 0 Å². The summed E-state index contributed by atoms with van der Waals surface area (Å²) in [6, 6.07) is 0.574. The molecular formula is C19H44MoN4. The molecule has 4 nitrogen and oxygen atoms in total. The SMILES string of the molecule is CC(C)(C)[N]=[Mo+2]=[N]C(C)(C)C.CCC[N-]CC.CC[N-]C(C)CC. The van der Waals surface area contributed by atoms with Crippen LogP contribution >= 0.6 is 0 Å². The molecule has 5 heteroatoms. The summed E-state index contributed by atoms with van der Waals surface area (Å²) >= 11 is -0.473. The number of hydrogen-bond acceptors (Lipinski definition) is 2. The molecule has 0 fully saturated rings. The Morgan fingerprint density at radius 1 is 0.833 bits per heavy atom. The Morgan fingerprint density at radius 3 is 1.46 bits per heavy atom.